The molecule has 2 aromatic rings. The first kappa shape index (κ1) is 13.2. The van der Waals surface area contributed by atoms with Crippen molar-refractivity contribution in [2.45, 2.75) is 25.8 Å². The van der Waals surface area contributed by atoms with Gasteiger partial charge in [-0.3, -0.25) is 0 Å². The molecule has 1 saturated carbocycles. The summed E-state index contributed by atoms with van der Waals surface area (Å²) in [6.45, 7) is 2.84. The van der Waals surface area contributed by atoms with Gasteiger partial charge in [-0.25, -0.2) is 0 Å². The fourth-order valence-electron chi connectivity index (χ4n) is 1.96. The second-order valence-electron chi connectivity index (χ2n) is 5.23. The summed E-state index contributed by atoms with van der Waals surface area (Å²) in [6.07, 6.45) is 2.51. The highest BCUT2D eigenvalue weighted by atomic mass is 32.1. The van der Waals surface area contributed by atoms with Gasteiger partial charge in [0, 0.05) is 4.88 Å². The zero-order valence-electron chi connectivity index (χ0n) is 11.5. The van der Waals surface area contributed by atoms with Gasteiger partial charge in [-0.05, 0) is 49.3 Å². The van der Waals surface area contributed by atoms with Crippen LogP contribution in [-0.2, 0) is 0 Å². The molecule has 4 nitrogen and oxygen atoms in total. The Hall–Kier alpha value is -1.75. The number of pyridine rings is 1. The zero-order chi connectivity index (χ0) is 13.9. The maximum Gasteiger partial charge on any atom is 0.239 e. The van der Waals surface area contributed by atoms with Crippen LogP contribution in [0, 0.1) is 5.92 Å². The summed E-state index contributed by atoms with van der Waals surface area (Å²) in [6, 6.07) is 8.13. The molecule has 2 aromatic heterocycles. The highest BCUT2D eigenvalue weighted by Crippen LogP contribution is 2.31. The lowest BCUT2D eigenvalue weighted by molar-refractivity contribution is 0.290. The number of thiophene rings is 1. The van der Waals surface area contributed by atoms with E-state index in [2.05, 4.69) is 34.7 Å². The van der Waals surface area contributed by atoms with Gasteiger partial charge in [0.05, 0.1) is 18.3 Å². The number of hydrogen-bond donors (Lipinski definition) is 2. The molecule has 0 saturated heterocycles. The Morgan fingerprint density at radius 1 is 1.45 bits per heavy atom. The van der Waals surface area contributed by atoms with Crippen molar-refractivity contribution < 1.29 is 4.74 Å². The summed E-state index contributed by atoms with van der Waals surface area (Å²) in [4.78, 5) is 5.75. The van der Waals surface area contributed by atoms with Gasteiger partial charge in [0.1, 0.15) is 5.82 Å². The van der Waals surface area contributed by atoms with Crippen LogP contribution in [0.1, 0.15) is 30.7 Å². The van der Waals surface area contributed by atoms with Crippen molar-refractivity contribution in [3.63, 3.8) is 0 Å². The fourth-order valence-corrected chi connectivity index (χ4v) is 2.69. The number of hydrogen-bond acceptors (Lipinski definition) is 5. The van der Waals surface area contributed by atoms with Crippen LogP contribution < -0.4 is 15.8 Å². The van der Waals surface area contributed by atoms with Gasteiger partial charge < -0.3 is 15.8 Å². The van der Waals surface area contributed by atoms with Crippen LogP contribution in [0.5, 0.6) is 5.88 Å². The molecule has 0 bridgehead atoms. The van der Waals surface area contributed by atoms with Crippen LogP contribution in [0.15, 0.2) is 29.6 Å². The zero-order valence-corrected chi connectivity index (χ0v) is 12.3. The lowest BCUT2D eigenvalue weighted by Gasteiger charge is -2.14. The molecule has 2 heterocycles. The molecule has 0 spiro atoms. The number of aromatic nitrogens is 1. The van der Waals surface area contributed by atoms with E-state index >= 15 is 0 Å². The standard InChI is InChI=1S/C15H19N3OS/c1-10(13-3-2-8-20-13)17-14-7-6-12(16)15(18-14)19-9-11-4-5-11/h2-3,6-8,10-11H,4-5,9,16H2,1H3,(H,17,18). The Balaban J connectivity index is 1.67. The maximum absolute atomic E-state index is 5.91. The molecular weight excluding hydrogens is 270 g/mol. The van der Waals surface area contributed by atoms with E-state index in [9.17, 15) is 0 Å². The second kappa shape index (κ2) is 5.71. The lowest BCUT2D eigenvalue weighted by atomic mass is 10.2. The van der Waals surface area contributed by atoms with Crippen LogP contribution in [-0.4, -0.2) is 11.6 Å². The first-order valence-electron chi connectivity index (χ1n) is 6.91. The number of nitrogen functional groups attached to an aromatic ring is 1. The van der Waals surface area contributed by atoms with E-state index < -0.39 is 0 Å². The van der Waals surface area contributed by atoms with Gasteiger partial charge in [-0.15, -0.1) is 11.3 Å². The number of nitrogens with zero attached hydrogens (tertiary/aromatic N) is 1. The van der Waals surface area contributed by atoms with Gasteiger partial charge in [0.15, 0.2) is 0 Å². The predicted molar refractivity (Wildman–Crippen MR) is 83.2 cm³/mol. The minimum atomic E-state index is 0.224. The van der Waals surface area contributed by atoms with E-state index in [-0.39, 0.29) is 6.04 Å². The third-order valence-corrected chi connectivity index (χ3v) is 4.43. The molecule has 0 radical (unpaired) electrons. The highest BCUT2D eigenvalue weighted by molar-refractivity contribution is 7.10. The van der Waals surface area contributed by atoms with Gasteiger partial charge in [-0.2, -0.15) is 4.98 Å². The van der Waals surface area contributed by atoms with E-state index in [1.165, 1.54) is 17.7 Å². The van der Waals surface area contributed by atoms with Crippen LogP contribution in [0.3, 0.4) is 0 Å². The lowest BCUT2D eigenvalue weighted by Crippen LogP contribution is -2.09. The fraction of sp³-hybridized carbons (Fsp3) is 0.400. The molecule has 5 heteroatoms. The van der Waals surface area contributed by atoms with Gasteiger partial charge >= 0.3 is 0 Å². The summed E-state index contributed by atoms with van der Waals surface area (Å²) < 4.78 is 5.70. The first-order chi connectivity index (χ1) is 9.72. The van der Waals surface area contributed by atoms with Crippen molar-refractivity contribution in [3.05, 3.63) is 34.5 Å². The van der Waals surface area contributed by atoms with Crippen LogP contribution in [0.4, 0.5) is 11.5 Å². The number of anilines is 2. The number of ether oxygens (including phenoxy) is 1. The Morgan fingerprint density at radius 3 is 3.00 bits per heavy atom. The Morgan fingerprint density at radius 2 is 2.30 bits per heavy atom. The van der Waals surface area contributed by atoms with Crippen molar-refractivity contribution in [3.8, 4) is 5.88 Å². The molecule has 3 rings (SSSR count). The quantitative estimate of drug-likeness (QED) is 0.851. The summed E-state index contributed by atoms with van der Waals surface area (Å²) in [5.74, 6) is 2.03. The highest BCUT2D eigenvalue weighted by Gasteiger charge is 2.22. The van der Waals surface area contributed by atoms with E-state index in [1.54, 1.807) is 11.3 Å². The summed E-state index contributed by atoms with van der Waals surface area (Å²) in [5.41, 5.74) is 6.51. The average Bonchev–Trinajstić information content (AvgIpc) is 3.10. The average molecular weight is 289 g/mol. The molecule has 0 aliphatic heterocycles. The molecule has 106 valence electrons. The number of rotatable bonds is 6. The third-order valence-electron chi connectivity index (χ3n) is 3.38. The van der Waals surface area contributed by atoms with Gasteiger partial charge in [-0.1, -0.05) is 6.07 Å². The normalized spacial score (nSPS) is 15.8. The van der Waals surface area contributed by atoms with Crippen LogP contribution in [0.2, 0.25) is 0 Å². The van der Waals surface area contributed by atoms with E-state index in [4.69, 9.17) is 10.5 Å². The van der Waals surface area contributed by atoms with E-state index in [0.717, 1.165) is 12.4 Å². The Bertz CT molecular complexity index is 567. The molecule has 1 atom stereocenters. The molecule has 1 unspecified atom stereocenters. The monoisotopic (exact) mass is 289 g/mol. The third kappa shape index (κ3) is 3.22. The predicted octanol–water partition coefficient (Wildman–Crippen LogP) is 3.69. The number of nitrogens with two attached hydrogens (primary N) is 1. The topological polar surface area (TPSA) is 60.2 Å². The number of nitrogens with one attached hydrogen (secondary N) is 1. The van der Waals surface area contributed by atoms with Crippen molar-refractivity contribution in [1.29, 1.82) is 0 Å². The summed E-state index contributed by atoms with van der Waals surface area (Å²) in [7, 11) is 0. The molecule has 1 fully saturated rings. The Kier molecular flexibility index (Phi) is 3.78. The van der Waals surface area contributed by atoms with Gasteiger partial charge in [0.2, 0.25) is 5.88 Å². The minimum Gasteiger partial charge on any atom is -0.476 e. The van der Waals surface area contributed by atoms with Crippen molar-refractivity contribution >= 4 is 22.8 Å². The molecule has 1 aliphatic carbocycles. The van der Waals surface area contributed by atoms with Crippen molar-refractivity contribution in [2.24, 2.45) is 5.92 Å². The van der Waals surface area contributed by atoms with Gasteiger partial charge in [0.25, 0.3) is 0 Å². The van der Waals surface area contributed by atoms with E-state index in [0.29, 0.717) is 17.5 Å². The minimum absolute atomic E-state index is 0.224. The molecule has 3 N–H and O–H groups in total. The summed E-state index contributed by atoms with van der Waals surface area (Å²) >= 11 is 1.73. The van der Waals surface area contributed by atoms with Crippen molar-refractivity contribution in [2.75, 3.05) is 17.7 Å². The molecule has 0 amide bonds. The molecule has 1 aliphatic rings. The molecule has 20 heavy (non-hydrogen) atoms. The smallest absolute Gasteiger partial charge is 0.239 e. The summed E-state index contributed by atoms with van der Waals surface area (Å²) in [5, 5.41) is 5.46. The SMILES string of the molecule is CC(Nc1ccc(N)c(OCC2CC2)n1)c1cccs1. The van der Waals surface area contributed by atoms with Crippen LogP contribution in [0.25, 0.3) is 0 Å². The second-order valence-corrected chi connectivity index (χ2v) is 6.21. The van der Waals surface area contributed by atoms with Crippen LogP contribution >= 0.6 is 11.3 Å². The molecule has 0 aromatic carbocycles. The van der Waals surface area contributed by atoms with Crippen molar-refractivity contribution in [1.82, 2.24) is 4.98 Å². The largest absolute Gasteiger partial charge is 0.476 e. The van der Waals surface area contributed by atoms with E-state index in [1.807, 2.05) is 12.1 Å². The molecular formula is C15H19N3OS. The Labute approximate surface area is 123 Å². The maximum atomic E-state index is 5.91. The first-order valence-corrected chi connectivity index (χ1v) is 7.79.